The summed E-state index contributed by atoms with van der Waals surface area (Å²) in [5.41, 5.74) is 17.4. The van der Waals surface area contributed by atoms with Gasteiger partial charge in [0.25, 0.3) is 0 Å². The standard InChI is InChI=1S/C82H72N4O8/c1-11-66(87-3)31-12-54(2)83(55-13-32-67(88-4)33-14-55)62-27-46-74-75-47-28-63(84(56-15-34-68(89-5)35-16-56)57-17-36-69(90-6)37-18-57)51-79(75)82(78(74)50-62)80-52-64(85(58-19-38-70(91-7)39-20-58)59-21-40-71(92-8)41-22-59)29-48-76(80)77-49-30-65(53-81(77)82)86(60-23-42-72(93-9)43-24-60)61-25-44-73(94-10)45-26-61/h1,12-53,76,80H,2-10H3. The van der Waals surface area contributed by atoms with E-state index in [1.54, 1.807) is 56.9 Å². The van der Waals surface area contributed by atoms with Crippen LogP contribution >= 0.6 is 0 Å². The van der Waals surface area contributed by atoms with E-state index in [1.807, 2.05) is 97.1 Å². The minimum atomic E-state index is -0.916. The molecule has 0 saturated heterocycles. The lowest BCUT2D eigenvalue weighted by Gasteiger charge is -2.39. The van der Waals surface area contributed by atoms with Crippen molar-refractivity contribution < 1.29 is 37.9 Å². The van der Waals surface area contributed by atoms with E-state index < -0.39 is 5.41 Å². The number of benzene rings is 10. The highest BCUT2D eigenvalue weighted by Gasteiger charge is 2.58. The molecule has 468 valence electrons. The van der Waals surface area contributed by atoms with E-state index in [0.717, 1.165) is 136 Å². The topological polar surface area (TPSA) is 86.8 Å². The van der Waals surface area contributed by atoms with Crippen molar-refractivity contribution in [2.75, 3.05) is 76.5 Å². The van der Waals surface area contributed by atoms with Gasteiger partial charge < -0.3 is 57.5 Å². The number of allylic oxidation sites excluding steroid dienone is 7. The molecule has 1 spiro atoms. The van der Waals surface area contributed by atoms with Gasteiger partial charge in [0, 0.05) is 80.1 Å². The lowest BCUT2D eigenvalue weighted by atomic mass is 9.65. The van der Waals surface area contributed by atoms with Crippen molar-refractivity contribution in [3.05, 3.63) is 294 Å². The van der Waals surface area contributed by atoms with Crippen LogP contribution in [-0.2, 0) is 10.2 Å². The SMILES string of the molecule is C#CC(=CC=C(C)N(c1ccc(OC)cc1)c1ccc2c(c1)C1(c3cc(N(c4ccc(OC)cc4)c4ccc(OC)cc4)ccc3-2)c2cc(N(c3ccc(OC)cc3)c3ccc(OC)cc3)ccc2C2C=CC(N(c3ccc(OC)cc3)c3ccc(OC)cc3)=CC21)OC. The summed E-state index contributed by atoms with van der Waals surface area (Å²) in [6.07, 6.45) is 17.1. The molecule has 3 unspecified atom stereocenters. The van der Waals surface area contributed by atoms with E-state index in [2.05, 4.69) is 190 Å². The summed E-state index contributed by atoms with van der Waals surface area (Å²) in [6.45, 7) is 2.09. The fourth-order valence-electron chi connectivity index (χ4n) is 13.7. The number of ether oxygens (including phenoxy) is 8. The molecule has 0 aromatic heterocycles. The number of fused-ring (bicyclic) bond motifs is 10. The van der Waals surface area contributed by atoms with Crippen molar-refractivity contribution in [3.8, 4) is 63.7 Å². The molecule has 12 heteroatoms. The third kappa shape index (κ3) is 11.1. The molecule has 0 heterocycles. The molecule has 94 heavy (non-hydrogen) atoms. The molecular weight excluding hydrogens is 1170 g/mol. The van der Waals surface area contributed by atoms with Crippen LogP contribution in [0.25, 0.3) is 11.1 Å². The van der Waals surface area contributed by atoms with Crippen molar-refractivity contribution in [2.45, 2.75) is 18.3 Å². The summed E-state index contributed by atoms with van der Waals surface area (Å²) >= 11 is 0. The average molecular weight is 1240 g/mol. The van der Waals surface area contributed by atoms with E-state index in [1.165, 1.54) is 5.56 Å². The summed E-state index contributed by atoms with van der Waals surface area (Å²) in [7, 11) is 13.4. The molecule has 0 N–H and O–H groups in total. The molecule has 13 rings (SSSR count). The summed E-state index contributed by atoms with van der Waals surface area (Å²) in [6, 6.07) is 78.7. The summed E-state index contributed by atoms with van der Waals surface area (Å²) < 4.78 is 45.9. The molecule has 3 aliphatic carbocycles. The summed E-state index contributed by atoms with van der Waals surface area (Å²) in [5.74, 6) is 8.01. The Hall–Kier alpha value is -11.7. The van der Waals surface area contributed by atoms with E-state index >= 15 is 0 Å². The van der Waals surface area contributed by atoms with Gasteiger partial charge in [-0.1, -0.05) is 30.4 Å². The number of nitrogens with zero attached hydrogens (tertiary/aromatic N) is 4. The van der Waals surface area contributed by atoms with Crippen LogP contribution in [0.3, 0.4) is 0 Å². The Labute approximate surface area is 550 Å². The first-order valence-corrected chi connectivity index (χ1v) is 31.0. The van der Waals surface area contributed by atoms with Crippen LogP contribution in [0.1, 0.15) is 35.1 Å². The van der Waals surface area contributed by atoms with Gasteiger partial charge in [-0.15, -0.1) is 6.42 Å². The maximum Gasteiger partial charge on any atom is 0.169 e. The molecule has 0 aliphatic heterocycles. The van der Waals surface area contributed by atoms with Gasteiger partial charge in [-0.2, -0.15) is 0 Å². The number of methoxy groups -OCH3 is 8. The van der Waals surface area contributed by atoms with Gasteiger partial charge in [-0.25, -0.2) is 0 Å². The van der Waals surface area contributed by atoms with Crippen LogP contribution in [0, 0.1) is 18.3 Å². The van der Waals surface area contributed by atoms with Gasteiger partial charge in [0.05, 0.1) is 62.3 Å². The number of hydrogen-bond acceptors (Lipinski definition) is 12. The van der Waals surface area contributed by atoms with Gasteiger partial charge in [0.15, 0.2) is 5.76 Å². The van der Waals surface area contributed by atoms with Crippen LogP contribution in [0.5, 0.6) is 40.2 Å². The molecule has 10 aromatic carbocycles. The smallest absolute Gasteiger partial charge is 0.169 e. The maximum atomic E-state index is 5.97. The Morgan fingerprint density at radius 1 is 0.383 bits per heavy atom. The van der Waals surface area contributed by atoms with E-state index in [0.29, 0.717) is 5.76 Å². The molecule has 0 amide bonds. The summed E-state index contributed by atoms with van der Waals surface area (Å²) in [5, 5.41) is 0. The predicted molar refractivity (Wildman–Crippen MR) is 378 cm³/mol. The first-order chi connectivity index (χ1) is 46.0. The Bertz CT molecular complexity index is 4410. The molecular formula is C82H72N4O8. The second-order valence-electron chi connectivity index (χ2n) is 23.0. The summed E-state index contributed by atoms with van der Waals surface area (Å²) in [4.78, 5) is 9.23. The van der Waals surface area contributed by atoms with Gasteiger partial charge in [-0.05, 0) is 271 Å². The monoisotopic (exact) mass is 1240 g/mol. The molecule has 3 aliphatic rings. The molecule has 12 nitrogen and oxygen atoms in total. The zero-order chi connectivity index (χ0) is 65.0. The van der Waals surface area contributed by atoms with Crippen LogP contribution in [0.4, 0.5) is 56.9 Å². The van der Waals surface area contributed by atoms with Crippen LogP contribution in [-0.4, -0.2) is 56.9 Å². The Morgan fingerprint density at radius 2 is 0.713 bits per heavy atom. The fraction of sp³-hybridized carbons (Fsp3) is 0.146. The zero-order valence-electron chi connectivity index (χ0n) is 54.0. The normalized spacial score (nSPS) is 15.7. The fourth-order valence-corrected chi connectivity index (χ4v) is 13.7. The molecule has 3 atom stereocenters. The number of anilines is 10. The van der Waals surface area contributed by atoms with Crippen LogP contribution in [0.2, 0.25) is 0 Å². The van der Waals surface area contributed by atoms with Gasteiger partial charge in [0.1, 0.15) is 40.2 Å². The van der Waals surface area contributed by atoms with E-state index in [9.17, 15) is 0 Å². The second-order valence-corrected chi connectivity index (χ2v) is 23.0. The van der Waals surface area contributed by atoms with E-state index in [4.69, 9.17) is 44.3 Å². The maximum absolute atomic E-state index is 5.97. The average Bonchev–Trinajstić information content (AvgIpc) is 1.50. The van der Waals surface area contributed by atoms with Crippen molar-refractivity contribution in [2.24, 2.45) is 5.92 Å². The molecule has 0 bridgehead atoms. The molecule has 0 saturated carbocycles. The third-order valence-electron chi connectivity index (χ3n) is 18.2. The Balaban J connectivity index is 1.14. The minimum absolute atomic E-state index is 0.122. The largest absolute Gasteiger partial charge is 0.497 e. The van der Waals surface area contributed by atoms with Crippen LogP contribution < -0.4 is 52.8 Å². The molecule has 10 aromatic rings. The lowest BCUT2D eigenvalue weighted by molar-refractivity contribution is 0.311. The first-order valence-electron chi connectivity index (χ1n) is 31.0. The predicted octanol–water partition coefficient (Wildman–Crippen LogP) is 19.2. The minimum Gasteiger partial charge on any atom is -0.497 e. The lowest BCUT2D eigenvalue weighted by Crippen LogP contribution is -2.35. The van der Waals surface area contributed by atoms with Crippen molar-refractivity contribution in [1.82, 2.24) is 0 Å². The van der Waals surface area contributed by atoms with Crippen molar-refractivity contribution >= 4 is 56.9 Å². The highest BCUT2D eigenvalue weighted by atomic mass is 16.5. The van der Waals surface area contributed by atoms with Crippen LogP contribution in [0.15, 0.2) is 272 Å². The quantitative estimate of drug-likeness (QED) is 0.0390. The van der Waals surface area contributed by atoms with Gasteiger partial charge in [-0.3, -0.25) is 0 Å². The second kappa shape index (κ2) is 26.3. The Kier molecular flexibility index (Phi) is 17.1. The number of terminal acetylenes is 1. The third-order valence-corrected chi connectivity index (χ3v) is 18.2. The molecule has 0 fully saturated rings. The highest BCUT2D eigenvalue weighted by Crippen LogP contribution is 2.67. The Morgan fingerprint density at radius 3 is 1.09 bits per heavy atom. The van der Waals surface area contributed by atoms with Gasteiger partial charge in [0.2, 0.25) is 0 Å². The van der Waals surface area contributed by atoms with Gasteiger partial charge >= 0.3 is 0 Å². The van der Waals surface area contributed by atoms with Crippen molar-refractivity contribution in [3.63, 3.8) is 0 Å². The van der Waals surface area contributed by atoms with E-state index in [-0.39, 0.29) is 11.8 Å². The first kappa shape index (κ1) is 61.2. The highest BCUT2D eigenvalue weighted by molar-refractivity contribution is 5.92. The zero-order valence-corrected chi connectivity index (χ0v) is 54.0. The number of rotatable bonds is 21. The number of hydrogen-bond donors (Lipinski definition) is 0. The molecule has 0 radical (unpaired) electrons. The van der Waals surface area contributed by atoms with Crippen molar-refractivity contribution in [1.29, 1.82) is 0 Å².